The summed E-state index contributed by atoms with van der Waals surface area (Å²) < 4.78 is 5.60. The highest BCUT2D eigenvalue weighted by atomic mass is 16.5. The third kappa shape index (κ3) is 5.20. The van der Waals surface area contributed by atoms with Crippen LogP contribution < -0.4 is 4.90 Å². The van der Waals surface area contributed by atoms with Crippen molar-refractivity contribution in [3.63, 3.8) is 0 Å². The van der Waals surface area contributed by atoms with Crippen molar-refractivity contribution >= 4 is 5.97 Å². The van der Waals surface area contributed by atoms with Crippen LogP contribution in [0.2, 0.25) is 0 Å². The molecule has 0 radical (unpaired) electrons. The predicted molar refractivity (Wildman–Crippen MR) is 97.2 cm³/mol. The maximum absolute atomic E-state index is 12.7. The molecule has 0 aliphatic heterocycles. The van der Waals surface area contributed by atoms with Gasteiger partial charge in [-0.2, -0.15) is 0 Å². The van der Waals surface area contributed by atoms with Gasteiger partial charge < -0.3 is 9.64 Å². The molecule has 0 saturated carbocycles. The quantitative estimate of drug-likeness (QED) is 0.567. The Bertz CT molecular complexity index is 554. The lowest BCUT2D eigenvalue weighted by Crippen LogP contribution is -3.11. The van der Waals surface area contributed by atoms with Gasteiger partial charge in [-0.1, -0.05) is 60.7 Å². The van der Waals surface area contributed by atoms with Crippen LogP contribution in [-0.4, -0.2) is 32.2 Å². The Balaban J connectivity index is 2.01. The van der Waals surface area contributed by atoms with E-state index in [1.807, 2.05) is 60.7 Å². The number of nitrogens with one attached hydrogen (secondary N) is 1. The van der Waals surface area contributed by atoms with E-state index in [2.05, 4.69) is 13.8 Å². The van der Waals surface area contributed by atoms with Crippen molar-refractivity contribution in [3.8, 4) is 0 Å². The number of hydrogen-bond acceptors (Lipinski definition) is 2. The summed E-state index contributed by atoms with van der Waals surface area (Å²) in [7, 11) is 0. The summed E-state index contributed by atoms with van der Waals surface area (Å²) in [6.07, 6.45) is 0.902. The van der Waals surface area contributed by atoms with Crippen LogP contribution >= 0.6 is 0 Å². The lowest BCUT2D eigenvalue weighted by Gasteiger charge is -2.18. The number of benzene rings is 2. The Hall–Kier alpha value is -2.13. The molecule has 0 unspecified atom stereocenters. The molecule has 0 aromatic heterocycles. The Labute approximate surface area is 145 Å². The van der Waals surface area contributed by atoms with Gasteiger partial charge in [-0.25, -0.2) is 0 Å². The molecule has 0 fully saturated rings. The Morgan fingerprint density at radius 1 is 0.917 bits per heavy atom. The van der Waals surface area contributed by atoms with Crippen LogP contribution in [0, 0.1) is 0 Å². The lowest BCUT2D eigenvalue weighted by molar-refractivity contribution is -0.896. The fourth-order valence-corrected chi connectivity index (χ4v) is 2.94. The zero-order chi connectivity index (χ0) is 17.2. The second-order valence-electron chi connectivity index (χ2n) is 5.98. The third-order valence-electron chi connectivity index (χ3n) is 4.42. The first-order valence-corrected chi connectivity index (χ1v) is 8.86. The average molecular weight is 326 g/mol. The summed E-state index contributed by atoms with van der Waals surface area (Å²) in [5.41, 5.74) is 1.95. The molecule has 0 saturated heterocycles. The lowest BCUT2D eigenvalue weighted by atomic mass is 9.91. The molecular weight excluding hydrogens is 298 g/mol. The van der Waals surface area contributed by atoms with E-state index >= 15 is 0 Å². The molecule has 0 bridgehead atoms. The normalized spacial score (nSPS) is 11.0. The van der Waals surface area contributed by atoms with Crippen LogP contribution in [0.25, 0.3) is 0 Å². The molecule has 0 amide bonds. The molecule has 2 rings (SSSR count). The maximum Gasteiger partial charge on any atom is 0.317 e. The smallest absolute Gasteiger partial charge is 0.317 e. The standard InChI is InChI=1S/C21H27NO2/c1-3-22(4-2)16-11-17-24-21(23)20(18-12-7-5-8-13-18)19-14-9-6-10-15-19/h5-10,12-15,20H,3-4,11,16-17H2,1-2H3/p+1. The fraction of sp³-hybridized carbons (Fsp3) is 0.381. The van der Waals surface area contributed by atoms with Crippen molar-refractivity contribution in [3.05, 3.63) is 71.8 Å². The van der Waals surface area contributed by atoms with Gasteiger partial charge in [0.05, 0.1) is 26.2 Å². The van der Waals surface area contributed by atoms with Crippen LogP contribution in [0.4, 0.5) is 0 Å². The number of carbonyl (C=O) groups excluding carboxylic acids is 1. The molecule has 0 spiro atoms. The van der Waals surface area contributed by atoms with E-state index in [9.17, 15) is 4.79 Å². The van der Waals surface area contributed by atoms with Crippen LogP contribution in [0.3, 0.4) is 0 Å². The van der Waals surface area contributed by atoms with Gasteiger partial charge in [-0.3, -0.25) is 4.79 Å². The van der Waals surface area contributed by atoms with Gasteiger partial charge in [0, 0.05) is 6.42 Å². The van der Waals surface area contributed by atoms with E-state index in [0.717, 1.165) is 37.2 Å². The second-order valence-corrected chi connectivity index (χ2v) is 5.98. The minimum atomic E-state index is -0.354. The van der Waals surface area contributed by atoms with E-state index in [4.69, 9.17) is 4.74 Å². The summed E-state index contributed by atoms with van der Waals surface area (Å²) in [5, 5.41) is 0. The number of carbonyl (C=O) groups is 1. The van der Waals surface area contributed by atoms with E-state index in [1.54, 1.807) is 0 Å². The maximum atomic E-state index is 12.7. The summed E-state index contributed by atoms with van der Waals surface area (Å²) in [6.45, 7) is 8.12. The average Bonchev–Trinajstić information content (AvgIpc) is 2.64. The summed E-state index contributed by atoms with van der Waals surface area (Å²) in [4.78, 5) is 14.2. The largest absolute Gasteiger partial charge is 0.465 e. The first kappa shape index (κ1) is 18.2. The number of quaternary nitrogens is 1. The van der Waals surface area contributed by atoms with E-state index in [0.29, 0.717) is 6.61 Å². The van der Waals surface area contributed by atoms with Gasteiger partial charge in [0.25, 0.3) is 0 Å². The van der Waals surface area contributed by atoms with Gasteiger partial charge in [0.15, 0.2) is 0 Å². The molecule has 0 aliphatic rings. The molecule has 3 heteroatoms. The zero-order valence-corrected chi connectivity index (χ0v) is 14.7. The van der Waals surface area contributed by atoms with Crippen molar-refractivity contribution in [1.29, 1.82) is 0 Å². The number of hydrogen-bond donors (Lipinski definition) is 1. The molecule has 0 aliphatic carbocycles. The van der Waals surface area contributed by atoms with Crippen molar-refractivity contribution < 1.29 is 14.4 Å². The molecular formula is C21H28NO2+. The fourth-order valence-electron chi connectivity index (χ4n) is 2.94. The molecule has 0 heterocycles. The first-order valence-electron chi connectivity index (χ1n) is 8.86. The highest BCUT2D eigenvalue weighted by Crippen LogP contribution is 2.25. The summed E-state index contributed by atoms with van der Waals surface area (Å²) in [5.74, 6) is -0.518. The molecule has 2 aromatic carbocycles. The van der Waals surface area contributed by atoms with Gasteiger partial charge in [0.2, 0.25) is 0 Å². The zero-order valence-electron chi connectivity index (χ0n) is 14.7. The Kier molecular flexibility index (Phi) is 7.50. The SMILES string of the molecule is CC[NH+](CC)CCCOC(=O)C(c1ccccc1)c1ccccc1. The second kappa shape index (κ2) is 9.89. The van der Waals surface area contributed by atoms with Crippen molar-refractivity contribution in [2.45, 2.75) is 26.2 Å². The van der Waals surface area contributed by atoms with Crippen LogP contribution in [0.1, 0.15) is 37.3 Å². The monoisotopic (exact) mass is 326 g/mol. The minimum absolute atomic E-state index is 0.165. The van der Waals surface area contributed by atoms with Gasteiger partial charge in [-0.15, -0.1) is 0 Å². The Morgan fingerprint density at radius 3 is 1.88 bits per heavy atom. The van der Waals surface area contributed by atoms with E-state index < -0.39 is 0 Å². The first-order chi connectivity index (χ1) is 11.8. The van der Waals surface area contributed by atoms with Crippen LogP contribution in [0.15, 0.2) is 60.7 Å². The topological polar surface area (TPSA) is 30.7 Å². The number of rotatable bonds is 9. The minimum Gasteiger partial charge on any atom is -0.465 e. The highest BCUT2D eigenvalue weighted by Gasteiger charge is 2.24. The number of ether oxygens (including phenoxy) is 1. The van der Waals surface area contributed by atoms with Crippen molar-refractivity contribution in [2.75, 3.05) is 26.2 Å². The third-order valence-corrected chi connectivity index (χ3v) is 4.42. The molecule has 128 valence electrons. The van der Waals surface area contributed by atoms with Gasteiger partial charge >= 0.3 is 5.97 Å². The van der Waals surface area contributed by atoms with Gasteiger partial charge in [-0.05, 0) is 25.0 Å². The molecule has 24 heavy (non-hydrogen) atoms. The predicted octanol–water partition coefficient (Wildman–Crippen LogP) is 2.68. The Morgan fingerprint density at radius 2 is 1.42 bits per heavy atom. The molecule has 0 atom stereocenters. The highest BCUT2D eigenvalue weighted by molar-refractivity contribution is 5.82. The summed E-state index contributed by atoms with van der Waals surface area (Å²) in [6, 6.07) is 19.7. The van der Waals surface area contributed by atoms with Crippen molar-refractivity contribution in [1.82, 2.24) is 0 Å². The van der Waals surface area contributed by atoms with Crippen LogP contribution in [0.5, 0.6) is 0 Å². The molecule has 2 aromatic rings. The van der Waals surface area contributed by atoms with E-state index in [-0.39, 0.29) is 11.9 Å². The number of esters is 1. The van der Waals surface area contributed by atoms with Crippen molar-refractivity contribution in [2.24, 2.45) is 0 Å². The summed E-state index contributed by atoms with van der Waals surface area (Å²) >= 11 is 0. The molecule has 1 N–H and O–H groups in total. The van der Waals surface area contributed by atoms with Crippen LogP contribution in [-0.2, 0) is 9.53 Å². The molecule has 3 nitrogen and oxygen atoms in total. The van der Waals surface area contributed by atoms with E-state index in [1.165, 1.54) is 4.90 Å². The van der Waals surface area contributed by atoms with Gasteiger partial charge in [0.1, 0.15) is 5.92 Å².